The first-order chi connectivity index (χ1) is 18.7. The molecule has 200 valence electrons. The van der Waals surface area contributed by atoms with Crippen molar-refractivity contribution in [3.05, 3.63) is 46.4 Å². The van der Waals surface area contributed by atoms with Crippen LogP contribution >= 0.6 is 11.3 Å². The van der Waals surface area contributed by atoms with Gasteiger partial charge in [0.1, 0.15) is 22.5 Å². The molecule has 1 aromatic carbocycles. The van der Waals surface area contributed by atoms with Crippen LogP contribution in [0.5, 0.6) is 0 Å². The second-order valence-electron chi connectivity index (χ2n) is 10.9. The Morgan fingerprint density at radius 3 is 2.69 bits per heavy atom. The van der Waals surface area contributed by atoms with Crippen molar-refractivity contribution in [1.82, 2.24) is 9.97 Å². The Kier molecular flexibility index (Phi) is 6.16. The predicted molar refractivity (Wildman–Crippen MR) is 150 cm³/mol. The molecule has 2 aliphatic rings. The van der Waals surface area contributed by atoms with Crippen molar-refractivity contribution in [2.75, 3.05) is 23.3 Å². The van der Waals surface area contributed by atoms with Crippen LogP contribution in [-0.4, -0.2) is 34.8 Å². The average molecular weight is 546 g/mol. The highest BCUT2D eigenvalue weighted by Crippen LogP contribution is 2.46. The average Bonchev–Trinajstić information content (AvgIpc) is 3.64. The lowest BCUT2D eigenvalue weighted by Crippen LogP contribution is -2.27. The molecule has 0 bridgehead atoms. The molecule has 2 aliphatic heterocycles. The first kappa shape index (κ1) is 25.5. The maximum Gasteiger partial charge on any atom is 0.412 e. The summed E-state index contributed by atoms with van der Waals surface area (Å²) in [6, 6.07) is 6.36. The van der Waals surface area contributed by atoms with Crippen molar-refractivity contribution in [3.63, 3.8) is 0 Å². The fourth-order valence-corrected chi connectivity index (χ4v) is 6.55. The highest BCUT2D eigenvalue weighted by molar-refractivity contribution is 7.23. The number of aromatic nitrogens is 2. The van der Waals surface area contributed by atoms with Gasteiger partial charge < -0.3 is 14.4 Å². The SMILES string of the molecule is Cc1c(-c2ncc(F)c3sc(NC(=O)OC(C)(C)C)c(C#N)c23)c2c(c3ccc(N4CCCC4)nc13)COC2. The first-order valence-electron chi connectivity index (χ1n) is 13.0. The molecule has 39 heavy (non-hydrogen) atoms. The summed E-state index contributed by atoms with van der Waals surface area (Å²) in [5, 5.41) is 14.4. The van der Waals surface area contributed by atoms with Crippen LogP contribution in [0, 0.1) is 24.1 Å². The lowest BCUT2D eigenvalue weighted by Gasteiger charge is -2.20. The highest BCUT2D eigenvalue weighted by Gasteiger charge is 2.29. The number of benzene rings is 1. The number of aryl methyl sites for hydroxylation is 1. The van der Waals surface area contributed by atoms with E-state index in [9.17, 15) is 10.1 Å². The van der Waals surface area contributed by atoms with Crippen LogP contribution in [0.25, 0.3) is 32.2 Å². The minimum absolute atomic E-state index is 0.147. The second-order valence-corrected chi connectivity index (χ2v) is 11.9. The third-order valence-corrected chi connectivity index (χ3v) is 8.27. The molecule has 4 aromatic rings. The van der Waals surface area contributed by atoms with Gasteiger partial charge in [-0.25, -0.2) is 14.2 Å². The molecular weight excluding hydrogens is 517 g/mol. The number of halogens is 1. The van der Waals surface area contributed by atoms with Crippen molar-refractivity contribution < 1.29 is 18.7 Å². The van der Waals surface area contributed by atoms with Gasteiger partial charge in [0.05, 0.1) is 40.9 Å². The summed E-state index contributed by atoms with van der Waals surface area (Å²) in [6.45, 7) is 10.0. The Hall–Kier alpha value is -3.81. The van der Waals surface area contributed by atoms with E-state index in [1.54, 1.807) is 20.8 Å². The summed E-state index contributed by atoms with van der Waals surface area (Å²) in [5.41, 5.74) is 4.43. The highest BCUT2D eigenvalue weighted by atomic mass is 32.1. The monoisotopic (exact) mass is 545 g/mol. The number of carbonyl (C=O) groups excluding carboxylic acids is 1. The van der Waals surface area contributed by atoms with Gasteiger partial charge in [0, 0.05) is 29.4 Å². The fourth-order valence-electron chi connectivity index (χ4n) is 5.51. The molecule has 0 spiro atoms. The van der Waals surface area contributed by atoms with Crippen LogP contribution in [0.15, 0.2) is 18.3 Å². The minimum Gasteiger partial charge on any atom is -0.444 e. The molecule has 1 saturated heterocycles. The Labute approximate surface area is 229 Å². The standard InChI is InChI=1S/C29H28FN5O3S/c1-15-22(19-14-37-13-18(19)16-7-8-21(33-24(15)16)35-9-5-6-10-35)25-23-17(11-31)27(34-28(36)38-29(2,3)4)39-26(23)20(30)12-32-25/h7-8,12H,5-6,9-10,13-14H2,1-4H3,(H,34,36). The minimum atomic E-state index is -0.727. The number of rotatable bonds is 3. The number of thiophene rings is 1. The summed E-state index contributed by atoms with van der Waals surface area (Å²) >= 11 is 0.997. The quantitative estimate of drug-likeness (QED) is 0.302. The van der Waals surface area contributed by atoms with Crippen molar-refractivity contribution >= 4 is 49.2 Å². The second kappa shape index (κ2) is 9.43. The molecule has 3 aromatic heterocycles. The molecule has 0 unspecified atom stereocenters. The molecule has 1 fully saturated rings. The normalized spacial score (nSPS) is 15.1. The number of hydrogen-bond acceptors (Lipinski definition) is 8. The number of hydrogen-bond donors (Lipinski definition) is 1. The molecule has 0 atom stereocenters. The zero-order chi connectivity index (χ0) is 27.5. The zero-order valence-corrected chi connectivity index (χ0v) is 23.1. The Bertz CT molecular complexity index is 1700. The van der Waals surface area contributed by atoms with Gasteiger partial charge in [-0.3, -0.25) is 10.3 Å². The molecule has 5 heterocycles. The van der Waals surface area contributed by atoms with Crippen LogP contribution in [0.4, 0.5) is 20.0 Å². The fraction of sp³-hybridized carbons (Fsp3) is 0.379. The molecule has 1 N–H and O–H groups in total. The number of fused-ring (bicyclic) bond motifs is 4. The molecule has 1 amide bonds. The van der Waals surface area contributed by atoms with Gasteiger partial charge in [-0.15, -0.1) is 11.3 Å². The van der Waals surface area contributed by atoms with Crippen molar-refractivity contribution in [1.29, 1.82) is 5.26 Å². The van der Waals surface area contributed by atoms with Gasteiger partial charge in [-0.1, -0.05) is 0 Å². The molecule has 10 heteroatoms. The van der Waals surface area contributed by atoms with E-state index in [2.05, 4.69) is 33.4 Å². The largest absolute Gasteiger partial charge is 0.444 e. The van der Waals surface area contributed by atoms with Crippen molar-refractivity contribution in [2.45, 2.75) is 59.4 Å². The number of ether oxygens (including phenoxy) is 2. The third-order valence-electron chi connectivity index (χ3n) is 7.16. The predicted octanol–water partition coefficient (Wildman–Crippen LogP) is 6.81. The number of amides is 1. The number of nitrogens with one attached hydrogen (secondary N) is 1. The Balaban J connectivity index is 1.57. The summed E-state index contributed by atoms with van der Waals surface area (Å²) in [5.74, 6) is 0.371. The number of nitriles is 1. The third kappa shape index (κ3) is 4.36. The molecular formula is C29H28FN5O3S. The van der Waals surface area contributed by atoms with E-state index in [1.165, 1.54) is 6.20 Å². The van der Waals surface area contributed by atoms with E-state index in [1.807, 2.05) is 6.92 Å². The van der Waals surface area contributed by atoms with E-state index in [-0.39, 0.29) is 15.3 Å². The van der Waals surface area contributed by atoms with E-state index in [4.69, 9.17) is 14.5 Å². The van der Waals surface area contributed by atoms with Gasteiger partial charge in [-0.2, -0.15) is 5.26 Å². The molecule has 0 radical (unpaired) electrons. The molecule has 0 aliphatic carbocycles. The van der Waals surface area contributed by atoms with Crippen LogP contribution < -0.4 is 10.2 Å². The molecule has 0 saturated carbocycles. The lowest BCUT2D eigenvalue weighted by atomic mass is 9.90. The smallest absolute Gasteiger partial charge is 0.412 e. The molecule has 6 rings (SSSR count). The number of carbonyl (C=O) groups is 1. The van der Waals surface area contributed by atoms with Gasteiger partial charge in [0.25, 0.3) is 0 Å². The Morgan fingerprint density at radius 2 is 1.97 bits per heavy atom. The topological polar surface area (TPSA) is 100 Å². The summed E-state index contributed by atoms with van der Waals surface area (Å²) in [7, 11) is 0. The zero-order valence-electron chi connectivity index (χ0n) is 22.3. The van der Waals surface area contributed by atoms with Crippen molar-refractivity contribution in [2.24, 2.45) is 0 Å². The summed E-state index contributed by atoms with van der Waals surface area (Å²) in [4.78, 5) is 24.4. The van der Waals surface area contributed by atoms with Gasteiger partial charge >= 0.3 is 6.09 Å². The van der Waals surface area contributed by atoms with Crippen LogP contribution in [0.3, 0.4) is 0 Å². The van der Waals surface area contributed by atoms with Crippen LogP contribution in [0.1, 0.15) is 55.9 Å². The van der Waals surface area contributed by atoms with E-state index in [0.717, 1.165) is 76.2 Å². The number of anilines is 2. The summed E-state index contributed by atoms with van der Waals surface area (Å²) in [6.07, 6.45) is 2.75. The first-order valence-corrected chi connectivity index (χ1v) is 13.8. The van der Waals surface area contributed by atoms with Crippen LogP contribution in [-0.2, 0) is 22.7 Å². The van der Waals surface area contributed by atoms with E-state index >= 15 is 4.39 Å². The Morgan fingerprint density at radius 1 is 1.23 bits per heavy atom. The summed E-state index contributed by atoms with van der Waals surface area (Å²) < 4.78 is 26.6. The van der Waals surface area contributed by atoms with E-state index in [0.29, 0.717) is 24.3 Å². The van der Waals surface area contributed by atoms with Gasteiger partial charge in [0.2, 0.25) is 0 Å². The maximum absolute atomic E-state index is 15.1. The lowest BCUT2D eigenvalue weighted by molar-refractivity contribution is 0.0636. The van der Waals surface area contributed by atoms with Crippen LogP contribution in [0.2, 0.25) is 0 Å². The number of nitrogens with zero attached hydrogens (tertiary/aromatic N) is 4. The van der Waals surface area contributed by atoms with E-state index < -0.39 is 17.5 Å². The molecule has 8 nitrogen and oxygen atoms in total. The van der Waals surface area contributed by atoms with Crippen molar-refractivity contribution in [3.8, 4) is 17.3 Å². The van der Waals surface area contributed by atoms with Gasteiger partial charge in [0.15, 0.2) is 5.82 Å². The van der Waals surface area contributed by atoms with Gasteiger partial charge in [-0.05, 0) is 69.4 Å². The maximum atomic E-state index is 15.1. The number of pyridine rings is 2.